The molecule has 3 N–H and O–H groups in total. The van der Waals surface area contributed by atoms with E-state index in [0.717, 1.165) is 27.7 Å². The zero-order valence-electron chi connectivity index (χ0n) is 16.8. The van der Waals surface area contributed by atoms with Gasteiger partial charge in [0.15, 0.2) is 0 Å². The van der Waals surface area contributed by atoms with E-state index in [0.29, 0.717) is 28.6 Å². The van der Waals surface area contributed by atoms with Crippen LogP contribution in [0.25, 0.3) is 21.8 Å². The predicted molar refractivity (Wildman–Crippen MR) is 116 cm³/mol. The van der Waals surface area contributed by atoms with Crippen LogP contribution in [0.2, 0.25) is 0 Å². The molecular formula is C24H22N2O4. The number of aliphatic hydroxyl groups is 1. The van der Waals surface area contributed by atoms with Crippen LogP contribution in [0.4, 0.5) is 0 Å². The maximum atomic E-state index is 12.2. The van der Waals surface area contributed by atoms with Gasteiger partial charge < -0.3 is 20.1 Å². The van der Waals surface area contributed by atoms with Gasteiger partial charge in [-0.1, -0.05) is 35.9 Å². The topological polar surface area (TPSA) is 94.6 Å². The summed E-state index contributed by atoms with van der Waals surface area (Å²) < 4.78 is 7.52. The molecule has 0 aliphatic carbocycles. The summed E-state index contributed by atoms with van der Waals surface area (Å²) in [6.07, 6.45) is 0. The average Bonchev–Trinajstić information content (AvgIpc) is 3.01. The molecule has 1 amide bonds. The summed E-state index contributed by atoms with van der Waals surface area (Å²) in [7, 11) is 0. The van der Waals surface area contributed by atoms with Crippen molar-refractivity contribution in [3.05, 3.63) is 76.9 Å². The zero-order chi connectivity index (χ0) is 21.4. The number of hydrogen-bond donors (Lipinski definition) is 2. The number of aryl methyl sites for hydroxylation is 2. The van der Waals surface area contributed by atoms with Crippen LogP contribution in [0.1, 0.15) is 27.0 Å². The number of aliphatic hydroxyl groups excluding tert-OH is 1. The van der Waals surface area contributed by atoms with Crippen molar-refractivity contribution in [3.8, 4) is 5.75 Å². The average molecular weight is 402 g/mol. The van der Waals surface area contributed by atoms with Crippen LogP contribution in [-0.2, 0) is 11.3 Å². The van der Waals surface area contributed by atoms with E-state index in [1.807, 2.05) is 44.2 Å². The van der Waals surface area contributed by atoms with Crippen LogP contribution in [0.15, 0.2) is 54.6 Å². The van der Waals surface area contributed by atoms with Gasteiger partial charge in [0.05, 0.1) is 16.4 Å². The highest BCUT2D eigenvalue weighted by molar-refractivity contribution is 6.20. The maximum absolute atomic E-state index is 12.2. The Labute approximate surface area is 173 Å². The monoisotopic (exact) mass is 402 g/mol. The van der Waals surface area contributed by atoms with Crippen LogP contribution < -0.4 is 10.5 Å². The largest absolute Gasteiger partial charge is 0.424 e. The molecule has 6 heteroatoms. The third-order valence-corrected chi connectivity index (χ3v) is 5.14. The smallest absolute Gasteiger partial charge is 0.337 e. The van der Waals surface area contributed by atoms with Crippen molar-refractivity contribution in [2.24, 2.45) is 5.73 Å². The molecule has 4 aromatic rings. The lowest BCUT2D eigenvalue weighted by Crippen LogP contribution is -2.13. The van der Waals surface area contributed by atoms with Crippen molar-refractivity contribution < 1.29 is 19.4 Å². The predicted octanol–water partition coefficient (Wildman–Crippen LogP) is 3.46. The SMILES string of the molecule is Cc1cccc(Cn2c3cc(C)cc(OC(=O)CO)c3c3c(C(N)=O)cccc32)c1. The molecule has 6 nitrogen and oxygen atoms in total. The minimum atomic E-state index is -0.766. The fraction of sp³-hybridized carbons (Fsp3) is 0.167. The fourth-order valence-electron chi connectivity index (χ4n) is 3.96. The van der Waals surface area contributed by atoms with E-state index in [-0.39, 0.29) is 0 Å². The number of primary amides is 1. The Hall–Kier alpha value is -3.64. The summed E-state index contributed by atoms with van der Waals surface area (Å²) in [6, 6.07) is 17.3. The summed E-state index contributed by atoms with van der Waals surface area (Å²) in [4.78, 5) is 24.0. The second-order valence-electron chi connectivity index (χ2n) is 7.43. The van der Waals surface area contributed by atoms with Gasteiger partial charge in [0, 0.05) is 17.5 Å². The third kappa shape index (κ3) is 3.42. The number of rotatable bonds is 5. The van der Waals surface area contributed by atoms with Gasteiger partial charge in [-0.15, -0.1) is 0 Å². The number of carbonyl (C=O) groups excluding carboxylic acids is 2. The van der Waals surface area contributed by atoms with Gasteiger partial charge in [0.2, 0.25) is 5.91 Å². The minimum Gasteiger partial charge on any atom is -0.424 e. The molecule has 3 aromatic carbocycles. The standard InChI is InChI=1S/C24H22N2O4/c1-14-5-3-6-16(9-14)12-26-18-8-4-7-17(24(25)29)22(18)23-19(26)10-15(2)11-20(23)30-21(28)13-27/h3-11,27H,12-13H2,1-2H3,(H2,25,29). The number of benzene rings is 3. The molecule has 0 aliphatic heterocycles. The highest BCUT2D eigenvalue weighted by Gasteiger charge is 2.21. The Morgan fingerprint density at radius 3 is 2.43 bits per heavy atom. The Kier molecular flexibility index (Phi) is 5.01. The number of hydrogen-bond acceptors (Lipinski definition) is 4. The molecule has 0 unspecified atom stereocenters. The molecule has 4 rings (SSSR count). The quantitative estimate of drug-likeness (QED) is 0.395. The van der Waals surface area contributed by atoms with E-state index in [4.69, 9.17) is 15.6 Å². The van der Waals surface area contributed by atoms with Crippen molar-refractivity contribution in [1.82, 2.24) is 4.57 Å². The van der Waals surface area contributed by atoms with Gasteiger partial charge in [0.25, 0.3) is 0 Å². The first-order valence-electron chi connectivity index (χ1n) is 9.61. The summed E-state index contributed by atoms with van der Waals surface area (Å²) in [5.74, 6) is -1.03. The van der Waals surface area contributed by atoms with E-state index in [2.05, 4.69) is 10.6 Å². The highest BCUT2D eigenvalue weighted by atomic mass is 16.5. The molecule has 0 saturated carbocycles. The van der Waals surface area contributed by atoms with E-state index in [9.17, 15) is 9.59 Å². The number of esters is 1. The molecule has 1 aromatic heterocycles. The molecule has 0 fully saturated rings. The third-order valence-electron chi connectivity index (χ3n) is 5.14. The van der Waals surface area contributed by atoms with Crippen molar-refractivity contribution in [1.29, 1.82) is 0 Å². The molecule has 30 heavy (non-hydrogen) atoms. The van der Waals surface area contributed by atoms with Crippen LogP contribution in [-0.4, -0.2) is 28.2 Å². The number of aromatic nitrogens is 1. The van der Waals surface area contributed by atoms with E-state index in [1.165, 1.54) is 0 Å². The lowest BCUT2D eigenvalue weighted by molar-refractivity contribution is -0.137. The molecular weight excluding hydrogens is 380 g/mol. The number of fused-ring (bicyclic) bond motifs is 3. The van der Waals surface area contributed by atoms with Gasteiger partial charge in [-0.3, -0.25) is 4.79 Å². The molecule has 1 heterocycles. The Balaban J connectivity index is 2.08. The van der Waals surface area contributed by atoms with Gasteiger partial charge in [-0.2, -0.15) is 0 Å². The van der Waals surface area contributed by atoms with Crippen LogP contribution in [0, 0.1) is 13.8 Å². The van der Waals surface area contributed by atoms with E-state index >= 15 is 0 Å². The van der Waals surface area contributed by atoms with Crippen molar-refractivity contribution in [2.45, 2.75) is 20.4 Å². The van der Waals surface area contributed by atoms with Crippen LogP contribution in [0.3, 0.4) is 0 Å². The Morgan fingerprint density at radius 2 is 1.73 bits per heavy atom. The molecule has 0 atom stereocenters. The maximum Gasteiger partial charge on any atom is 0.337 e. The van der Waals surface area contributed by atoms with E-state index < -0.39 is 18.5 Å². The van der Waals surface area contributed by atoms with Gasteiger partial charge in [-0.25, -0.2) is 4.79 Å². The molecule has 0 bridgehead atoms. The summed E-state index contributed by atoms with van der Waals surface area (Å²) in [5, 5.41) is 10.4. The zero-order valence-corrected chi connectivity index (χ0v) is 16.8. The first-order chi connectivity index (χ1) is 14.4. The molecule has 152 valence electrons. The molecule has 0 radical (unpaired) electrons. The normalized spacial score (nSPS) is 11.2. The Bertz CT molecular complexity index is 1300. The molecule has 0 saturated heterocycles. The van der Waals surface area contributed by atoms with Crippen molar-refractivity contribution in [2.75, 3.05) is 6.61 Å². The lowest BCUT2D eigenvalue weighted by atomic mass is 10.0. The summed E-state index contributed by atoms with van der Waals surface area (Å²) in [5.41, 5.74) is 10.8. The summed E-state index contributed by atoms with van der Waals surface area (Å²) in [6.45, 7) is 3.78. The minimum absolute atomic E-state index is 0.297. The second kappa shape index (κ2) is 7.65. The first kappa shape index (κ1) is 19.7. The number of nitrogens with two attached hydrogens (primary N) is 1. The second-order valence-corrected chi connectivity index (χ2v) is 7.43. The first-order valence-corrected chi connectivity index (χ1v) is 9.61. The number of carbonyl (C=O) groups is 2. The van der Waals surface area contributed by atoms with Crippen molar-refractivity contribution >= 4 is 33.7 Å². The number of ether oxygens (including phenoxy) is 1. The number of amides is 1. The number of nitrogens with zero attached hydrogens (tertiary/aromatic N) is 1. The van der Waals surface area contributed by atoms with Gasteiger partial charge in [-0.05, 0) is 49.2 Å². The van der Waals surface area contributed by atoms with E-state index in [1.54, 1.807) is 18.2 Å². The molecule has 0 spiro atoms. The highest BCUT2D eigenvalue weighted by Crippen LogP contribution is 2.39. The summed E-state index contributed by atoms with van der Waals surface area (Å²) >= 11 is 0. The lowest BCUT2D eigenvalue weighted by Gasteiger charge is -2.10. The van der Waals surface area contributed by atoms with Gasteiger partial charge >= 0.3 is 5.97 Å². The van der Waals surface area contributed by atoms with Gasteiger partial charge in [0.1, 0.15) is 12.4 Å². The van der Waals surface area contributed by atoms with Crippen LogP contribution >= 0.6 is 0 Å². The van der Waals surface area contributed by atoms with Crippen molar-refractivity contribution in [3.63, 3.8) is 0 Å². The van der Waals surface area contributed by atoms with Crippen LogP contribution in [0.5, 0.6) is 5.75 Å². The molecule has 0 aliphatic rings. The fourth-order valence-corrected chi connectivity index (χ4v) is 3.96. The Morgan fingerprint density at radius 1 is 0.967 bits per heavy atom.